The Balaban J connectivity index is 1.93. The molecule has 1 heterocycles. The average molecular weight is 426 g/mol. The molecule has 2 aromatic rings. The number of nitrogens with zero attached hydrogens (tertiary/aromatic N) is 3. The lowest BCUT2D eigenvalue weighted by atomic mass is 10.1. The van der Waals surface area contributed by atoms with Gasteiger partial charge in [-0.3, -0.25) is 9.78 Å². The molecule has 0 atom stereocenters. The van der Waals surface area contributed by atoms with E-state index < -0.39 is 0 Å². The minimum atomic E-state index is 0.000648. The van der Waals surface area contributed by atoms with Crippen LogP contribution in [0.1, 0.15) is 37.6 Å². The van der Waals surface area contributed by atoms with Crippen LogP contribution in [0.2, 0.25) is 0 Å². The fourth-order valence-corrected chi connectivity index (χ4v) is 2.91. The van der Waals surface area contributed by atoms with Crippen LogP contribution in [0, 0.1) is 6.92 Å². The van der Waals surface area contributed by atoms with Crippen molar-refractivity contribution in [3.63, 3.8) is 0 Å². The first-order valence-electron chi connectivity index (χ1n) is 10.8. The van der Waals surface area contributed by atoms with Crippen LogP contribution in [0.15, 0.2) is 47.6 Å². The smallest absolute Gasteiger partial charge is 0.241 e. The highest BCUT2D eigenvalue weighted by Gasteiger charge is 2.11. The third-order valence-electron chi connectivity index (χ3n) is 4.60. The molecule has 0 aliphatic heterocycles. The maximum absolute atomic E-state index is 12.5. The Kier molecular flexibility index (Phi) is 9.81. The molecule has 31 heavy (non-hydrogen) atoms. The molecule has 0 radical (unpaired) electrons. The molecule has 0 aliphatic rings. The number of likely N-dealkylation sites (N-methyl/N-ethyl adjacent to an activating group) is 1. The average Bonchev–Trinajstić information content (AvgIpc) is 2.75. The highest BCUT2D eigenvalue weighted by Crippen LogP contribution is 2.22. The van der Waals surface area contributed by atoms with E-state index in [0.29, 0.717) is 25.6 Å². The van der Waals surface area contributed by atoms with E-state index in [0.717, 1.165) is 29.0 Å². The van der Waals surface area contributed by atoms with Crippen LogP contribution in [-0.4, -0.2) is 54.5 Å². The van der Waals surface area contributed by atoms with Crippen LogP contribution < -0.4 is 15.4 Å². The van der Waals surface area contributed by atoms with Gasteiger partial charge in [0.1, 0.15) is 5.75 Å². The highest BCUT2D eigenvalue weighted by molar-refractivity contribution is 5.86. The van der Waals surface area contributed by atoms with Crippen molar-refractivity contribution in [1.29, 1.82) is 0 Å². The van der Waals surface area contributed by atoms with Crippen molar-refractivity contribution in [2.45, 2.75) is 46.8 Å². The number of hydrogen-bond donors (Lipinski definition) is 2. The van der Waals surface area contributed by atoms with Gasteiger partial charge >= 0.3 is 0 Å². The van der Waals surface area contributed by atoms with E-state index in [1.54, 1.807) is 18.1 Å². The second kappa shape index (κ2) is 12.6. The summed E-state index contributed by atoms with van der Waals surface area (Å²) in [5.74, 6) is 1.45. The number of hydrogen-bond acceptors (Lipinski definition) is 4. The van der Waals surface area contributed by atoms with Gasteiger partial charge < -0.3 is 20.3 Å². The summed E-state index contributed by atoms with van der Waals surface area (Å²) in [6, 6.07) is 11.9. The molecule has 1 aromatic carbocycles. The summed E-state index contributed by atoms with van der Waals surface area (Å²) in [6.45, 7) is 10.0. The predicted octanol–water partition coefficient (Wildman–Crippen LogP) is 2.93. The predicted molar refractivity (Wildman–Crippen MR) is 125 cm³/mol. The van der Waals surface area contributed by atoms with Gasteiger partial charge in [-0.05, 0) is 51.5 Å². The third kappa shape index (κ3) is 8.66. The van der Waals surface area contributed by atoms with Gasteiger partial charge in [0.15, 0.2) is 5.96 Å². The number of nitrogens with one attached hydrogen (secondary N) is 2. The molecule has 0 saturated carbocycles. The molecule has 2 N–H and O–H groups in total. The normalized spacial score (nSPS) is 11.4. The van der Waals surface area contributed by atoms with Crippen molar-refractivity contribution in [3.05, 3.63) is 59.4 Å². The van der Waals surface area contributed by atoms with Crippen LogP contribution in [0.3, 0.4) is 0 Å². The molecule has 0 unspecified atom stereocenters. The minimum Gasteiger partial charge on any atom is -0.491 e. The zero-order valence-electron chi connectivity index (χ0n) is 19.3. The first kappa shape index (κ1) is 24.2. The van der Waals surface area contributed by atoms with Crippen molar-refractivity contribution in [1.82, 2.24) is 20.5 Å². The van der Waals surface area contributed by atoms with Gasteiger partial charge in [0.05, 0.1) is 19.2 Å². The Morgan fingerprint density at radius 1 is 1.23 bits per heavy atom. The van der Waals surface area contributed by atoms with Gasteiger partial charge in [0.25, 0.3) is 0 Å². The van der Waals surface area contributed by atoms with E-state index in [4.69, 9.17) is 4.74 Å². The lowest BCUT2D eigenvalue weighted by Gasteiger charge is -2.19. The molecule has 0 bridgehead atoms. The Hall–Kier alpha value is -3.09. The number of rotatable bonds is 10. The quantitative estimate of drug-likeness (QED) is 0.452. The monoisotopic (exact) mass is 425 g/mol. The number of carbonyl (C=O) groups is 1. The number of ether oxygens (including phenoxy) is 1. The van der Waals surface area contributed by atoms with Crippen LogP contribution >= 0.6 is 0 Å². The lowest BCUT2D eigenvalue weighted by molar-refractivity contribution is -0.128. The summed E-state index contributed by atoms with van der Waals surface area (Å²) in [5.41, 5.74) is 3.13. The van der Waals surface area contributed by atoms with Crippen LogP contribution in [0.25, 0.3) is 0 Å². The second-order valence-electron chi connectivity index (χ2n) is 7.71. The van der Waals surface area contributed by atoms with E-state index in [-0.39, 0.29) is 18.6 Å². The van der Waals surface area contributed by atoms with E-state index in [1.165, 1.54) is 0 Å². The standard InChI is InChI=1S/C24H35N5O2/c1-6-25-24(27-16-20-11-10-19(4)15-22(20)31-18(2)3)28-17-23(30)29(5)14-12-21-9-7-8-13-26-21/h7-11,13,15,18H,6,12,14,16-17H2,1-5H3,(H2,25,27,28). The Bertz CT molecular complexity index is 852. The number of amides is 1. The highest BCUT2D eigenvalue weighted by atomic mass is 16.5. The molecule has 0 aliphatic carbocycles. The topological polar surface area (TPSA) is 78.9 Å². The SMILES string of the molecule is CCNC(=NCc1ccc(C)cc1OC(C)C)NCC(=O)N(C)CCc1ccccn1. The summed E-state index contributed by atoms with van der Waals surface area (Å²) in [7, 11) is 1.80. The largest absolute Gasteiger partial charge is 0.491 e. The van der Waals surface area contributed by atoms with Crippen molar-refractivity contribution in [2.75, 3.05) is 26.7 Å². The summed E-state index contributed by atoms with van der Waals surface area (Å²) in [6.07, 6.45) is 2.59. The summed E-state index contributed by atoms with van der Waals surface area (Å²) >= 11 is 0. The number of carbonyl (C=O) groups excluding carboxylic acids is 1. The second-order valence-corrected chi connectivity index (χ2v) is 7.71. The van der Waals surface area contributed by atoms with Crippen molar-refractivity contribution in [3.8, 4) is 5.75 Å². The minimum absolute atomic E-state index is 0.000648. The first-order valence-corrected chi connectivity index (χ1v) is 10.8. The Morgan fingerprint density at radius 2 is 2.03 bits per heavy atom. The molecule has 7 nitrogen and oxygen atoms in total. The number of aryl methyl sites for hydroxylation is 1. The maximum atomic E-state index is 12.5. The molecule has 0 fully saturated rings. The molecule has 0 spiro atoms. The number of guanidine groups is 1. The van der Waals surface area contributed by atoms with Crippen LogP contribution in [0.5, 0.6) is 5.75 Å². The van der Waals surface area contributed by atoms with E-state index in [1.807, 2.05) is 58.0 Å². The van der Waals surface area contributed by atoms with E-state index in [9.17, 15) is 4.79 Å². The van der Waals surface area contributed by atoms with Gasteiger partial charge in [-0.15, -0.1) is 0 Å². The summed E-state index contributed by atoms with van der Waals surface area (Å²) in [5, 5.41) is 6.33. The molecule has 0 saturated heterocycles. The van der Waals surface area contributed by atoms with E-state index in [2.05, 4.69) is 26.7 Å². The van der Waals surface area contributed by atoms with Gasteiger partial charge in [-0.1, -0.05) is 18.2 Å². The Labute approximate surface area is 185 Å². The van der Waals surface area contributed by atoms with Crippen molar-refractivity contribution >= 4 is 11.9 Å². The number of aliphatic imine (C=N–C) groups is 1. The van der Waals surface area contributed by atoms with Gasteiger partial charge in [-0.25, -0.2) is 4.99 Å². The molecule has 168 valence electrons. The fourth-order valence-electron chi connectivity index (χ4n) is 2.91. The molecule has 7 heteroatoms. The Morgan fingerprint density at radius 3 is 2.71 bits per heavy atom. The molecule has 1 aromatic heterocycles. The molecule has 1 amide bonds. The zero-order chi connectivity index (χ0) is 22.6. The first-order chi connectivity index (χ1) is 14.9. The molecule has 2 rings (SSSR count). The fraction of sp³-hybridized carbons (Fsp3) is 0.458. The summed E-state index contributed by atoms with van der Waals surface area (Å²) < 4.78 is 5.94. The third-order valence-corrected chi connectivity index (χ3v) is 4.60. The maximum Gasteiger partial charge on any atom is 0.241 e. The van der Waals surface area contributed by atoms with Crippen molar-refractivity contribution < 1.29 is 9.53 Å². The van der Waals surface area contributed by atoms with Gasteiger partial charge in [0.2, 0.25) is 5.91 Å². The number of pyridine rings is 1. The number of aromatic nitrogens is 1. The molecular weight excluding hydrogens is 390 g/mol. The van der Waals surface area contributed by atoms with Gasteiger partial charge in [0, 0.05) is 44.0 Å². The number of benzene rings is 1. The van der Waals surface area contributed by atoms with E-state index >= 15 is 0 Å². The zero-order valence-corrected chi connectivity index (χ0v) is 19.3. The van der Waals surface area contributed by atoms with Crippen molar-refractivity contribution in [2.24, 2.45) is 4.99 Å². The van der Waals surface area contributed by atoms with Crippen LogP contribution in [0.4, 0.5) is 0 Å². The molecular formula is C24H35N5O2. The van der Waals surface area contributed by atoms with Gasteiger partial charge in [-0.2, -0.15) is 0 Å². The lowest BCUT2D eigenvalue weighted by Crippen LogP contribution is -2.44. The van der Waals surface area contributed by atoms with Crippen LogP contribution in [-0.2, 0) is 17.8 Å². The summed E-state index contributed by atoms with van der Waals surface area (Å²) in [4.78, 5) is 23.1.